The van der Waals surface area contributed by atoms with Crippen LogP contribution in [-0.2, 0) is 19.1 Å². The summed E-state index contributed by atoms with van der Waals surface area (Å²) >= 11 is 0. The van der Waals surface area contributed by atoms with Crippen molar-refractivity contribution in [1.82, 2.24) is 15.8 Å². The molecular formula is C16H25N3O5. The molecule has 1 heterocycles. The summed E-state index contributed by atoms with van der Waals surface area (Å²) < 4.78 is 10.1. The number of hydrazine groups is 1. The van der Waals surface area contributed by atoms with Gasteiger partial charge >= 0.3 is 18.0 Å². The summed E-state index contributed by atoms with van der Waals surface area (Å²) in [5, 5.41) is 4.01. The van der Waals surface area contributed by atoms with Gasteiger partial charge in [0.2, 0.25) is 0 Å². The van der Waals surface area contributed by atoms with E-state index in [0.717, 1.165) is 0 Å². The molecule has 0 radical (unpaired) electrons. The molecule has 1 rings (SSSR count). The Morgan fingerprint density at radius 2 is 1.42 bits per heavy atom. The maximum Gasteiger partial charge on any atom is 0.336 e. The van der Waals surface area contributed by atoms with Gasteiger partial charge in [0.15, 0.2) is 0 Å². The minimum Gasteiger partial charge on any atom is -0.463 e. The van der Waals surface area contributed by atoms with E-state index in [9.17, 15) is 14.4 Å². The van der Waals surface area contributed by atoms with Gasteiger partial charge in [-0.2, -0.15) is 0 Å². The van der Waals surface area contributed by atoms with Gasteiger partial charge in [-0.25, -0.2) is 19.8 Å². The van der Waals surface area contributed by atoms with Gasteiger partial charge in [0.25, 0.3) is 0 Å². The number of amides is 2. The normalized spacial score (nSPS) is 14.5. The molecule has 0 atom stereocenters. The minimum atomic E-state index is -0.521. The van der Waals surface area contributed by atoms with E-state index >= 15 is 0 Å². The Morgan fingerprint density at radius 1 is 0.958 bits per heavy atom. The van der Waals surface area contributed by atoms with Gasteiger partial charge in [-0.3, -0.25) is 5.01 Å². The number of hydrogen-bond donors (Lipinski definition) is 2. The standard InChI is InChI=1S/C16H25N3O5/c1-6-17-16(22)18-19-10(4)12(14(20)23-7-2)9-13(11(19)5)15(21)24-8-3/h6-9H2,1-5H3,(H2,17,18,22). The van der Waals surface area contributed by atoms with Crippen LogP contribution in [-0.4, -0.2) is 42.7 Å². The third-order valence-corrected chi connectivity index (χ3v) is 3.49. The molecule has 2 N–H and O–H groups in total. The molecule has 0 fully saturated rings. The van der Waals surface area contributed by atoms with Crippen LogP contribution in [0, 0.1) is 0 Å². The first kappa shape index (κ1) is 19.5. The Bertz CT molecular complexity index is 540. The monoisotopic (exact) mass is 339 g/mol. The number of nitrogens with zero attached hydrogens (tertiary/aromatic N) is 1. The molecule has 0 spiro atoms. The number of carbonyl (C=O) groups excluding carboxylic acids is 3. The number of hydrogen-bond acceptors (Lipinski definition) is 6. The van der Waals surface area contributed by atoms with Crippen LogP contribution in [0.5, 0.6) is 0 Å². The molecule has 134 valence electrons. The van der Waals surface area contributed by atoms with Gasteiger partial charge in [-0.05, 0) is 34.6 Å². The summed E-state index contributed by atoms with van der Waals surface area (Å²) in [6, 6.07) is -0.440. The molecule has 0 unspecified atom stereocenters. The van der Waals surface area contributed by atoms with Crippen molar-refractivity contribution in [2.75, 3.05) is 19.8 Å². The first-order chi connectivity index (χ1) is 11.4. The van der Waals surface area contributed by atoms with Gasteiger partial charge in [0.1, 0.15) is 0 Å². The summed E-state index contributed by atoms with van der Waals surface area (Å²) in [5.74, 6) is -1.04. The fourth-order valence-corrected chi connectivity index (χ4v) is 2.30. The second-order valence-corrected chi connectivity index (χ2v) is 5.05. The average Bonchev–Trinajstić information content (AvgIpc) is 2.52. The molecule has 0 aromatic rings. The summed E-state index contributed by atoms with van der Waals surface area (Å²) in [4.78, 5) is 36.2. The molecule has 0 bridgehead atoms. The number of esters is 2. The second-order valence-electron chi connectivity index (χ2n) is 5.05. The largest absolute Gasteiger partial charge is 0.463 e. The Kier molecular flexibility index (Phi) is 7.29. The molecule has 1 aliphatic rings. The summed E-state index contributed by atoms with van der Waals surface area (Å²) in [6.07, 6.45) is 0.100. The molecule has 24 heavy (non-hydrogen) atoms. The first-order valence-corrected chi connectivity index (χ1v) is 7.95. The highest BCUT2D eigenvalue weighted by Gasteiger charge is 2.32. The van der Waals surface area contributed by atoms with Crippen LogP contribution in [0.2, 0.25) is 0 Å². The van der Waals surface area contributed by atoms with Gasteiger partial charge in [-0.1, -0.05) is 0 Å². The topological polar surface area (TPSA) is 97.0 Å². The van der Waals surface area contributed by atoms with E-state index in [1.54, 1.807) is 34.6 Å². The molecule has 2 amide bonds. The lowest BCUT2D eigenvalue weighted by Crippen LogP contribution is -2.47. The van der Waals surface area contributed by atoms with Crippen LogP contribution < -0.4 is 10.7 Å². The lowest BCUT2D eigenvalue weighted by atomic mass is 9.97. The van der Waals surface area contributed by atoms with E-state index in [1.165, 1.54) is 5.01 Å². The Hall–Kier alpha value is -2.51. The predicted molar refractivity (Wildman–Crippen MR) is 87.3 cm³/mol. The summed E-state index contributed by atoms with van der Waals surface area (Å²) in [5.41, 5.74) is 4.25. The quantitative estimate of drug-likeness (QED) is 0.714. The number of urea groups is 1. The van der Waals surface area contributed by atoms with Crippen LogP contribution in [0.3, 0.4) is 0 Å². The van der Waals surface area contributed by atoms with E-state index in [-0.39, 0.29) is 19.6 Å². The zero-order valence-electron chi connectivity index (χ0n) is 14.8. The van der Waals surface area contributed by atoms with E-state index < -0.39 is 18.0 Å². The van der Waals surface area contributed by atoms with Crippen LogP contribution in [0.15, 0.2) is 22.5 Å². The summed E-state index contributed by atoms with van der Waals surface area (Å²) in [7, 11) is 0. The molecule has 0 saturated carbocycles. The van der Waals surface area contributed by atoms with E-state index in [2.05, 4.69) is 10.7 Å². The number of carbonyl (C=O) groups is 3. The van der Waals surface area contributed by atoms with Crippen molar-refractivity contribution < 1.29 is 23.9 Å². The van der Waals surface area contributed by atoms with Crippen molar-refractivity contribution in [2.45, 2.75) is 41.0 Å². The maximum atomic E-state index is 12.2. The number of ether oxygens (including phenoxy) is 2. The molecule has 8 heteroatoms. The fraction of sp³-hybridized carbons (Fsp3) is 0.562. The van der Waals surface area contributed by atoms with Gasteiger partial charge in [0.05, 0.1) is 24.4 Å². The highest BCUT2D eigenvalue weighted by atomic mass is 16.5. The van der Waals surface area contributed by atoms with Crippen molar-refractivity contribution >= 4 is 18.0 Å². The van der Waals surface area contributed by atoms with Crippen LogP contribution in [0.1, 0.15) is 41.0 Å². The number of allylic oxidation sites excluding steroid dienone is 2. The summed E-state index contributed by atoms with van der Waals surface area (Å²) in [6.45, 7) is 9.45. The third kappa shape index (κ3) is 4.50. The molecule has 0 aromatic carbocycles. The van der Waals surface area contributed by atoms with Crippen molar-refractivity contribution in [1.29, 1.82) is 0 Å². The van der Waals surface area contributed by atoms with Gasteiger partial charge in [0, 0.05) is 24.4 Å². The Morgan fingerprint density at radius 3 is 1.79 bits per heavy atom. The van der Waals surface area contributed by atoms with E-state index in [0.29, 0.717) is 29.1 Å². The van der Waals surface area contributed by atoms with Crippen LogP contribution >= 0.6 is 0 Å². The van der Waals surface area contributed by atoms with Crippen molar-refractivity contribution in [3.63, 3.8) is 0 Å². The second kappa shape index (κ2) is 8.95. The lowest BCUT2D eigenvalue weighted by Gasteiger charge is -2.33. The number of rotatable bonds is 6. The smallest absolute Gasteiger partial charge is 0.336 e. The van der Waals surface area contributed by atoms with E-state index in [4.69, 9.17) is 9.47 Å². The van der Waals surface area contributed by atoms with Crippen LogP contribution in [0.4, 0.5) is 4.79 Å². The molecular weight excluding hydrogens is 314 g/mol. The Labute approximate surface area is 141 Å². The molecule has 1 aliphatic heterocycles. The average molecular weight is 339 g/mol. The molecule has 0 aliphatic carbocycles. The molecule has 0 aromatic heterocycles. The SMILES string of the molecule is CCNC(=O)NN1C(C)=C(C(=O)OCC)CC(C(=O)OCC)=C1C. The zero-order valence-corrected chi connectivity index (χ0v) is 14.8. The van der Waals surface area contributed by atoms with Crippen molar-refractivity contribution in [3.8, 4) is 0 Å². The van der Waals surface area contributed by atoms with Gasteiger partial charge < -0.3 is 14.8 Å². The third-order valence-electron chi connectivity index (χ3n) is 3.49. The fourth-order valence-electron chi connectivity index (χ4n) is 2.30. The van der Waals surface area contributed by atoms with Gasteiger partial charge in [-0.15, -0.1) is 0 Å². The maximum absolute atomic E-state index is 12.2. The number of nitrogens with one attached hydrogen (secondary N) is 2. The minimum absolute atomic E-state index is 0.100. The lowest BCUT2D eigenvalue weighted by molar-refractivity contribution is -0.139. The highest BCUT2D eigenvalue weighted by Crippen LogP contribution is 2.30. The van der Waals surface area contributed by atoms with Crippen molar-refractivity contribution in [2.24, 2.45) is 0 Å². The predicted octanol–water partition coefficient (Wildman–Crippen LogP) is 1.60. The van der Waals surface area contributed by atoms with Crippen molar-refractivity contribution in [3.05, 3.63) is 22.5 Å². The van der Waals surface area contributed by atoms with E-state index in [1.807, 2.05) is 0 Å². The Balaban J connectivity index is 3.22. The highest BCUT2D eigenvalue weighted by molar-refractivity contribution is 5.96. The first-order valence-electron chi connectivity index (χ1n) is 7.95. The molecule has 8 nitrogen and oxygen atoms in total. The zero-order chi connectivity index (χ0) is 18.3. The molecule has 0 saturated heterocycles. The van der Waals surface area contributed by atoms with Crippen LogP contribution in [0.25, 0.3) is 0 Å².